The Hall–Kier alpha value is -2.59. The van der Waals surface area contributed by atoms with Crippen LogP contribution in [0.25, 0.3) is 0 Å². The summed E-state index contributed by atoms with van der Waals surface area (Å²) in [5.74, 6) is -1.38. The SMILES string of the molecule is COc1cc(C)c2c(c1C(C)C)C(C#N)N(C(CO)C(=O)O)C2=O. The van der Waals surface area contributed by atoms with Crippen molar-refractivity contribution in [3.05, 3.63) is 28.3 Å². The van der Waals surface area contributed by atoms with Crippen molar-refractivity contribution >= 4 is 11.9 Å². The van der Waals surface area contributed by atoms with Gasteiger partial charge in [0, 0.05) is 16.7 Å². The number of aliphatic hydroxyl groups excluding tert-OH is 1. The Labute approximate surface area is 140 Å². The summed E-state index contributed by atoms with van der Waals surface area (Å²) in [4.78, 5) is 25.2. The number of nitriles is 1. The lowest BCUT2D eigenvalue weighted by Crippen LogP contribution is -2.45. The molecule has 0 radical (unpaired) electrons. The lowest BCUT2D eigenvalue weighted by molar-refractivity contribution is -0.144. The van der Waals surface area contributed by atoms with Crippen LogP contribution in [0, 0.1) is 18.3 Å². The van der Waals surface area contributed by atoms with Gasteiger partial charge in [0.25, 0.3) is 5.91 Å². The number of aryl methyl sites for hydroxylation is 1. The normalized spacial score (nSPS) is 17.6. The maximum absolute atomic E-state index is 12.8. The van der Waals surface area contributed by atoms with E-state index in [-0.39, 0.29) is 5.92 Å². The maximum Gasteiger partial charge on any atom is 0.328 e. The fourth-order valence-corrected chi connectivity index (χ4v) is 3.28. The molecule has 1 aliphatic heterocycles. The van der Waals surface area contributed by atoms with E-state index in [9.17, 15) is 25.1 Å². The molecule has 2 N–H and O–H groups in total. The Morgan fingerprint density at radius 2 is 2.12 bits per heavy atom. The molecule has 1 aromatic carbocycles. The van der Waals surface area contributed by atoms with Gasteiger partial charge < -0.3 is 19.8 Å². The number of benzene rings is 1. The van der Waals surface area contributed by atoms with Crippen molar-refractivity contribution in [2.75, 3.05) is 13.7 Å². The standard InChI is InChI=1S/C17H20N2O5/c1-8(2)13-12(24-4)5-9(3)14-15(13)10(6-18)19(16(14)21)11(7-20)17(22)23/h5,8,10-11,20H,7H2,1-4H3,(H,22,23). The molecule has 7 heteroatoms. The summed E-state index contributed by atoms with van der Waals surface area (Å²) < 4.78 is 5.41. The highest BCUT2D eigenvalue weighted by molar-refractivity contribution is 6.03. The minimum Gasteiger partial charge on any atom is -0.496 e. The van der Waals surface area contributed by atoms with E-state index in [1.54, 1.807) is 13.0 Å². The summed E-state index contributed by atoms with van der Waals surface area (Å²) in [6.45, 7) is 4.78. The molecule has 0 saturated heterocycles. The van der Waals surface area contributed by atoms with Crippen LogP contribution in [0.4, 0.5) is 0 Å². The molecule has 7 nitrogen and oxygen atoms in total. The summed E-state index contributed by atoms with van der Waals surface area (Å²) in [6.07, 6.45) is 0. The van der Waals surface area contributed by atoms with Crippen LogP contribution < -0.4 is 4.74 Å². The molecular formula is C17H20N2O5. The van der Waals surface area contributed by atoms with Gasteiger partial charge >= 0.3 is 5.97 Å². The first kappa shape index (κ1) is 17.8. The molecule has 1 aromatic rings. The number of nitrogens with zero attached hydrogens (tertiary/aromatic N) is 2. The molecule has 0 fully saturated rings. The Morgan fingerprint density at radius 3 is 2.54 bits per heavy atom. The highest BCUT2D eigenvalue weighted by Gasteiger charge is 2.46. The number of aliphatic carboxylic acids is 1. The average molecular weight is 332 g/mol. The molecule has 0 aromatic heterocycles. The fraction of sp³-hybridized carbons (Fsp3) is 0.471. The Morgan fingerprint density at radius 1 is 1.50 bits per heavy atom. The van der Waals surface area contributed by atoms with Gasteiger partial charge in [-0.15, -0.1) is 0 Å². The van der Waals surface area contributed by atoms with Gasteiger partial charge in [-0.1, -0.05) is 13.8 Å². The van der Waals surface area contributed by atoms with Crippen LogP contribution in [-0.2, 0) is 4.79 Å². The minimum atomic E-state index is -1.47. The summed E-state index contributed by atoms with van der Waals surface area (Å²) in [7, 11) is 1.51. The van der Waals surface area contributed by atoms with Crippen molar-refractivity contribution < 1.29 is 24.5 Å². The van der Waals surface area contributed by atoms with Gasteiger partial charge in [0.2, 0.25) is 0 Å². The van der Waals surface area contributed by atoms with Crippen LogP contribution in [0.5, 0.6) is 5.75 Å². The summed E-state index contributed by atoms with van der Waals surface area (Å²) in [6, 6.07) is 1.19. The molecule has 24 heavy (non-hydrogen) atoms. The fourth-order valence-electron chi connectivity index (χ4n) is 3.28. The van der Waals surface area contributed by atoms with E-state index in [0.29, 0.717) is 28.0 Å². The van der Waals surface area contributed by atoms with Gasteiger partial charge in [-0.05, 0) is 24.5 Å². The predicted molar refractivity (Wildman–Crippen MR) is 84.9 cm³/mol. The molecule has 2 unspecified atom stereocenters. The number of ether oxygens (including phenoxy) is 1. The third-order valence-corrected chi connectivity index (χ3v) is 4.28. The molecule has 0 saturated carbocycles. The molecule has 2 atom stereocenters. The summed E-state index contributed by atoms with van der Waals surface area (Å²) in [5.41, 5.74) is 2.13. The number of carboxylic acids is 1. The second-order valence-electron chi connectivity index (χ2n) is 6.03. The zero-order valence-corrected chi connectivity index (χ0v) is 14.0. The van der Waals surface area contributed by atoms with Gasteiger partial charge in [0.1, 0.15) is 11.8 Å². The maximum atomic E-state index is 12.8. The number of aliphatic hydroxyl groups is 1. The number of hydrogen-bond acceptors (Lipinski definition) is 5. The number of hydrogen-bond donors (Lipinski definition) is 2. The lowest BCUT2D eigenvalue weighted by Gasteiger charge is -2.26. The van der Waals surface area contributed by atoms with E-state index in [1.165, 1.54) is 7.11 Å². The number of carboxylic acid groups (broad SMARTS) is 1. The van der Waals surface area contributed by atoms with Gasteiger partial charge in [-0.2, -0.15) is 5.26 Å². The Bertz CT molecular complexity index is 735. The average Bonchev–Trinajstić information content (AvgIpc) is 2.80. The number of methoxy groups -OCH3 is 1. The highest BCUT2D eigenvalue weighted by Crippen LogP contribution is 2.45. The smallest absolute Gasteiger partial charge is 0.328 e. The van der Waals surface area contributed by atoms with Gasteiger partial charge in [0.05, 0.1) is 19.8 Å². The first-order chi connectivity index (χ1) is 11.3. The third kappa shape index (κ3) is 2.49. The third-order valence-electron chi connectivity index (χ3n) is 4.28. The van der Waals surface area contributed by atoms with Crippen molar-refractivity contribution in [3.63, 3.8) is 0 Å². The van der Waals surface area contributed by atoms with Gasteiger partial charge in [0.15, 0.2) is 6.04 Å². The summed E-state index contributed by atoms with van der Waals surface area (Å²) >= 11 is 0. The molecule has 1 heterocycles. The van der Waals surface area contributed by atoms with Crippen molar-refractivity contribution in [1.82, 2.24) is 4.90 Å². The zero-order valence-electron chi connectivity index (χ0n) is 14.0. The topological polar surface area (TPSA) is 111 Å². The first-order valence-electron chi connectivity index (χ1n) is 7.57. The number of carbonyl (C=O) groups is 2. The van der Waals surface area contributed by atoms with Crippen LogP contribution in [0.15, 0.2) is 6.07 Å². The number of amides is 1. The van der Waals surface area contributed by atoms with E-state index in [0.717, 1.165) is 4.90 Å². The monoisotopic (exact) mass is 332 g/mol. The van der Waals surface area contributed by atoms with Crippen molar-refractivity contribution in [1.29, 1.82) is 5.26 Å². The highest BCUT2D eigenvalue weighted by atomic mass is 16.5. The molecule has 0 bridgehead atoms. The zero-order chi connectivity index (χ0) is 18.2. The van der Waals surface area contributed by atoms with Crippen LogP contribution in [0.2, 0.25) is 0 Å². The number of rotatable bonds is 5. The molecular weight excluding hydrogens is 312 g/mol. The second-order valence-corrected chi connectivity index (χ2v) is 6.03. The van der Waals surface area contributed by atoms with Crippen LogP contribution in [-0.4, -0.2) is 46.7 Å². The van der Waals surface area contributed by atoms with Crippen LogP contribution in [0.3, 0.4) is 0 Å². The van der Waals surface area contributed by atoms with E-state index < -0.39 is 30.6 Å². The van der Waals surface area contributed by atoms with E-state index in [4.69, 9.17) is 4.74 Å². The summed E-state index contributed by atoms with van der Waals surface area (Å²) in [5, 5.41) is 28.3. The van der Waals surface area contributed by atoms with Crippen molar-refractivity contribution in [2.24, 2.45) is 0 Å². The first-order valence-corrected chi connectivity index (χ1v) is 7.57. The van der Waals surface area contributed by atoms with Crippen LogP contribution in [0.1, 0.15) is 52.9 Å². The predicted octanol–water partition coefficient (Wildman–Crippen LogP) is 1.59. The van der Waals surface area contributed by atoms with Gasteiger partial charge in [-0.25, -0.2) is 4.79 Å². The van der Waals surface area contributed by atoms with E-state index >= 15 is 0 Å². The number of carbonyl (C=O) groups excluding carboxylic acids is 1. The largest absolute Gasteiger partial charge is 0.496 e. The van der Waals surface area contributed by atoms with E-state index in [1.807, 2.05) is 19.9 Å². The molecule has 2 rings (SSSR count). The van der Waals surface area contributed by atoms with E-state index in [2.05, 4.69) is 0 Å². The van der Waals surface area contributed by atoms with Crippen molar-refractivity contribution in [2.45, 2.75) is 38.8 Å². The number of fused-ring (bicyclic) bond motifs is 1. The molecule has 1 amide bonds. The van der Waals surface area contributed by atoms with Gasteiger partial charge in [-0.3, -0.25) is 4.79 Å². The molecule has 0 aliphatic carbocycles. The second kappa shape index (κ2) is 6.49. The quantitative estimate of drug-likeness (QED) is 0.847. The van der Waals surface area contributed by atoms with Crippen molar-refractivity contribution in [3.8, 4) is 11.8 Å². The molecule has 128 valence electrons. The Balaban J connectivity index is 2.79. The van der Waals surface area contributed by atoms with Crippen LogP contribution >= 0.6 is 0 Å². The molecule has 0 spiro atoms. The molecule has 1 aliphatic rings. The Kier molecular flexibility index (Phi) is 4.81. The lowest BCUT2D eigenvalue weighted by atomic mass is 9.88. The minimum absolute atomic E-state index is 0.0321.